The standard InChI is InChI=1S/C15H10ClN3O3S2/c16-10-5-3-9(4-6-10)14-18-19-15(22-14)24-8-12(20)17-13(21)11-2-1-7-23-11/h1-7H,8H2,(H,17,20,21). The highest BCUT2D eigenvalue weighted by Crippen LogP contribution is 2.24. The minimum atomic E-state index is -0.426. The summed E-state index contributed by atoms with van der Waals surface area (Å²) in [5, 5.41) is 12.7. The Morgan fingerprint density at radius 3 is 2.71 bits per heavy atom. The number of nitrogens with one attached hydrogen (secondary N) is 1. The number of thiophene rings is 1. The SMILES string of the molecule is O=C(CSc1nnc(-c2ccc(Cl)cc2)o1)NC(=O)c1cccs1. The number of carbonyl (C=O) groups excluding carboxylic acids is 2. The van der Waals surface area contributed by atoms with Crippen molar-refractivity contribution in [3.8, 4) is 11.5 Å². The molecular formula is C15H10ClN3O3S2. The van der Waals surface area contributed by atoms with Crippen LogP contribution in [0.5, 0.6) is 0 Å². The van der Waals surface area contributed by atoms with Gasteiger partial charge in [-0.1, -0.05) is 29.4 Å². The molecule has 0 unspecified atom stereocenters. The summed E-state index contributed by atoms with van der Waals surface area (Å²) in [6, 6.07) is 10.4. The lowest BCUT2D eigenvalue weighted by Gasteiger charge is -2.00. The molecule has 6 nitrogen and oxygen atoms in total. The zero-order chi connectivity index (χ0) is 16.9. The van der Waals surface area contributed by atoms with Crippen LogP contribution in [0.25, 0.3) is 11.5 Å². The van der Waals surface area contributed by atoms with Crippen LogP contribution in [0.15, 0.2) is 51.4 Å². The van der Waals surface area contributed by atoms with Gasteiger partial charge in [-0.3, -0.25) is 14.9 Å². The van der Waals surface area contributed by atoms with E-state index in [0.717, 1.165) is 17.3 Å². The van der Waals surface area contributed by atoms with Gasteiger partial charge in [0.1, 0.15) is 0 Å². The zero-order valence-corrected chi connectivity index (χ0v) is 14.5. The van der Waals surface area contributed by atoms with Gasteiger partial charge >= 0.3 is 0 Å². The first-order chi connectivity index (χ1) is 11.6. The predicted molar refractivity (Wildman–Crippen MR) is 92.3 cm³/mol. The van der Waals surface area contributed by atoms with Crippen LogP contribution in [0, 0.1) is 0 Å². The third-order valence-corrected chi connectivity index (χ3v) is 4.76. The largest absolute Gasteiger partial charge is 0.411 e. The smallest absolute Gasteiger partial charge is 0.277 e. The topological polar surface area (TPSA) is 85.1 Å². The third-order valence-electron chi connectivity index (χ3n) is 2.82. The molecule has 0 aliphatic carbocycles. The lowest BCUT2D eigenvalue weighted by Crippen LogP contribution is -2.31. The summed E-state index contributed by atoms with van der Waals surface area (Å²) in [5.74, 6) is -0.504. The molecule has 0 fully saturated rings. The maximum atomic E-state index is 11.8. The molecule has 3 aromatic rings. The van der Waals surface area contributed by atoms with Gasteiger partial charge in [0.2, 0.25) is 11.8 Å². The summed E-state index contributed by atoms with van der Waals surface area (Å²) in [6.45, 7) is 0. The van der Waals surface area contributed by atoms with Gasteiger partial charge in [-0.25, -0.2) is 0 Å². The van der Waals surface area contributed by atoms with E-state index in [-0.39, 0.29) is 11.0 Å². The number of carbonyl (C=O) groups is 2. The number of hydrogen-bond acceptors (Lipinski definition) is 7. The van der Waals surface area contributed by atoms with Crippen molar-refractivity contribution in [1.82, 2.24) is 15.5 Å². The number of nitrogens with zero attached hydrogens (tertiary/aromatic N) is 2. The highest BCUT2D eigenvalue weighted by Gasteiger charge is 2.14. The Kier molecular flexibility index (Phi) is 5.29. The van der Waals surface area contributed by atoms with Crippen molar-refractivity contribution in [2.75, 3.05) is 5.75 Å². The van der Waals surface area contributed by atoms with Gasteiger partial charge in [0.25, 0.3) is 11.1 Å². The fraction of sp³-hybridized carbons (Fsp3) is 0.0667. The van der Waals surface area contributed by atoms with Crippen LogP contribution >= 0.6 is 34.7 Å². The Labute approximate surface area is 150 Å². The van der Waals surface area contributed by atoms with Crippen molar-refractivity contribution >= 4 is 46.5 Å². The van der Waals surface area contributed by atoms with Crippen molar-refractivity contribution in [1.29, 1.82) is 0 Å². The van der Waals surface area contributed by atoms with Gasteiger partial charge in [-0.2, -0.15) is 0 Å². The maximum absolute atomic E-state index is 11.8. The molecule has 1 aromatic carbocycles. The van der Waals surface area contributed by atoms with E-state index in [1.54, 1.807) is 41.8 Å². The molecule has 2 amide bonds. The molecule has 2 heterocycles. The van der Waals surface area contributed by atoms with Gasteiger partial charge in [0, 0.05) is 10.6 Å². The number of benzene rings is 1. The minimum absolute atomic E-state index is 0.000629. The summed E-state index contributed by atoms with van der Waals surface area (Å²) in [4.78, 5) is 24.0. The molecule has 122 valence electrons. The molecular weight excluding hydrogens is 370 g/mol. The summed E-state index contributed by atoms with van der Waals surface area (Å²) in [7, 11) is 0. The number of amides is 2. The van der Waals surface area contributed by atoms with Crippen LogP contribution in [-0.4, -0.2) is 27.8 Å². The Hall–Kier alpha value is -2.16. The molecule has 2 aromatic heterocycles. The molecule has 0 spiro atoms. The minimum Gasteiger partial charge on any atom is -0.411 e. The van der Waals surface area contributed by atoms with Crippen molar-refractivity contribution in [3.63, 3.8) is 0 Å². The second kappa shape index (κ2) is 7.61. The van der Waals surface area contributed by atoms with Crippen molar-refractivity contribution in [2.24, 2.45) is 0 Å². The fourth-order valence-electron chi connectivity index (χ4n) is 1.74. The predicted octanol–water partition coefficient (Wildman–Crippen LogP) is 3.50. The first kappa shape index (κ1) is 16.7. The van der Waals surface area contributed by atoms with Crippen LogP contribution in [0.4, 0.5) is 0 Å². The van der Waals surface area contributed by atoms with E-state index in [1.807, 2.05) is 0 Å². The average molecular weight is 380 g/mol. The number of rotatable bonds is 5. The molecule has 0 saturated heterocycles. The number of thioether (sulfide) groups is 1. The fourth-order valence-corrected chi connectivity index (χ4v) is 3.04. The molecule has 0 bridgehead atoms. The van der Waals surface area contributed by atoms with Crippen LogP contribution in [0.2, 0.25) is 5.02 Å². The molecule has 3 rings (SSSR count). The van der Waals surface area contributed by atoms with Gasteiger partial charge in [-0.15, -0.1) is 21.5 Å². The van der Waals surface area contributed by atoms with Gasteiger partial charge in [-0.05, 0) is 35.7 Å². The number of halogens is 1. The molecule has 0 aliphatic heterocycles. The van der Waals surface area contributed by atoms with E-state index in [2.05, 4.69) is 15.5 Å². The first-order valence-corrected chi connectivity index (χ1v) is 8.96. The highest BCUT2D eigenvalue weighted by atomic mass is 35.5. The zero-order valence-electron chi connectivity index (χ0n) is 12.1. The van der Waals surface area contributed by atoms with Crippen LogP contribution in [-0.2, 0) is 4.79 Å². The molecule has 9 heteroatoms. The third kappa shape index (κ3) is 4.22. The lowest BCUT2D eigenvalue weighted by molar-refractivity contribution is -0.117. The molecule has 24 heavy (non-hydrogen) atoms. The van der Waals surface area contributed by atoms with Crippen molar-refractivity contribution in [3.05, 3.63) is 51.7 Å². The number of hydrogen-bond donors (Lipinski definition) is 1. The summed E-state index contributed by atoms with van der Waals surface area (Å²) < 4.78 is 5.47. The van der Waals surface area contributed by atoms with E-state index >= 15 is 0 Å². The molecule has 0 radical (unpaired) electrons. The summed E-state index contributed by atoms with van der Waals surface area (Å²) in [5.41, 5.74) is 0.732. The quantitative estimate of drug-likeness (QED) is 0.683. The number of imide groups is 1. The molecule has 0 saturated carbocycles. The maximum Gasteiger partial charge on any atom is 0.277 e. The first-order valence-electron chi connectivity index (χ1n) is 6.72. The molecule has 0 aliphatic rings. The van der Waals surface area contributed by atoms with Crippen LogP contribution in [0.3, 0.4) is 0 Å². The normalized spacial score (nSPS) is 10.5. The second-order valence-electron chi connectivity index (χ2n) is 4.52. The Morgan fingerprint density at radius 1 is 1.21 bits per heavy atom. The van der Waals surface area contributed by atoms with E-state index in [9.17, 15) is 9.59 Å². The number of aromatic nitrogens is 2. The van der Waals surface area contributed by atoms with Crippen molar-refractivity contribution in [2.45, 2.75) is 5.22 Å². The average Bonchev–Trinajstić information content (AvgIpc) is 3.25. The summed E-state index contributed by atoms with van der Waals surface area (Å²) >= 11 is 8.15. The highest BCUT2D eigenvalue weighted by molar-refractivity contribution is 7.99. The van der Waals surface area contributed by atoms with Crippen LogP contribution in [0.1, 0.15) is 9.67 Å². The Balaban J connectivity index is 1.54. The van der Waals surface area contributed by atoms with Gasteiger partial charge in [0.15, 0.2) is 0 Å². The monoisotopic (exact) mass is 379 g/mol. The van der Waals surface area contributed by atoms with Gasteiger partial charge < -0.3 is 4.42 Å². The lowest BCUT2D eigenvalue weighted by atomic mass is 10.2. The second-order valence-corrected chi connectivity index (χ2v) is 6.83. The van der Waals surface area contributed by atoms with E-state index in [0.29, 0.717) is 15.8 Å². The van der Waals surface area contributed by atoms with Crippen molar-refractivity contribution < 1.29 is 14.0 Å². The van der Waals surface area contributed by atoms with E-state index < -0.39 is 11.8 Å². The molecule has 1 N–H and O–H groups in total. The van der Waals surface area contributed by atoms with Gasteiger partial charge in [0.05, 0.1) is 10.6 Å². The van der Waals surface area contributed by atoms with E-state index in [1.165, 1.54) is 11.3 Å². The van der Waals surface area contributed by atoms with Crippen LogP contribution < -0.4 is 5.32 Å². The van der Waals surface area contributed by atoms with E-state index in [4.69, 9.17) is 16.0 Å². The summed E-state index contributed by atoms with van der Waals surface area (Å²) in [6.07, 6.45) is 0. The Bertz CT molecular complexity index is 847. The molecule has 0 atom stereocenters. The Morgan fingerprint density at radius 2 is 2.00 bits per heavy atom.